The smallest absolute Gasteiger partial charge is 0.335 e. The molecule has 10 heteroatoms. The van der Waals surface area contributed by atoms with Crippen molar-refractivity contribution in [3.63, 3.8) is 0 Å². The monoisotopic (exact) mass is 562 g/mol. The highest BCUT2D eigenvalue weighted by Crippen LogP contribution is 2.33. The van der Waals surface area contributed by atoms with Gasteiger partial charge in [-0.15, -0.1) is 0 Å². The summed E-state index contributed by atoms with van der Waals surface area (Å²) >= 11 is 0. The van der Waals surface area contributed by atoms with E-state index in [1.807, 2.05) is 55.5 Å². The van der Waals surface area contributed by atoms with Crippen LogP contribution < -0.4 is 10.1 Å². The Bertz CT molecular complexity index is 1470. The standard InChI is InChI=1S/C27H28N2O2.C4H6O6/c1-4-31-25-14-6-5-11-23(25)27(30)19-9-7-12-21-22-13-8-10-20(17-28-16-18(2)3)26(22)29-24(21)15-19;5-1(3(7)8)2(6)4(9)10/h5-15,18,28H,4,16-17H2,1-3H3;1-2,5-6H,(H,7,8)(H,9,10). The minimum absolute atomic E-state index is 0.0626. The van der Waals surface area contributed by atoms with Crippen molar-refractivity contribution in [3.8, 4) is 17.0 Å². The van der Waals surface area contributed by atoms with E-state index in [0.717, 1.165) is 35.2 Å². The number of carboxylic acid groups (broad SMARTS) is 2. The topological polar surface area (TPSA) is 166 Å². The summed E-state index contributed by atoms with van der Waals surface area (Å²) in [6.07, 6.45) is -4.53. The Labute approximate surface area is 237 Å². The number of carbonyl (C=O) groups excluding carboxylic acids is 1. The van der Waals surface area contributed by atoms with E-state index in [1.165, 1.54) is 5.56 Å². The lowest BCUT2D eigenvalue weighted by Crippen LogP contribution is -2.39. The number of ether oxygens (including phenoxy) is 1. The third kappa shape index (κ3) is 7.85. The number of aliphatic carboxylic acids is 2. The number of aliphatic hydroxyl groups excluding tert-OH is 2. The number of carbonyl (C=O) groups is 3. The van der Waals surface area contributed by atoms with E-state index in [0.29, 0.717) is 29.4 Å². The Balaban J connectivity index is 0.000000397. The summed E-state index contributed by atoms with van der Waals surface area (Å²) in [7, 11) is 0. The van der Waals surface area contributed by atoms with Gasteiger partial charge in [0.15, 0.2) is 18.0 Å². The van der Waals surface area contributed by atoms with E-state index in [-0.39, 0.29) is 5.78 Å². The second kappa shape index (κ2) is 14.3. The highest BCUT2D eigenvalue weighted by atomic mass is 16.5. The lowest BCUT2D eigenvalue weighted by Gasteiger charge is -2.08. The molecule has 1 aliphatic carbocycles. The molecule has 0 fully saturated rings. The molecular weight excluding hydrogens is 528 g/mol. The molecule has 216 valence electrons. The molecule has 41 heavy (non-hydrogen) atoms. The second-order valence-electron chi connectivity index (χ2n) is 9.70. The van der Waals surface area contributed by atoms with Gasteiger partial charge >= 0.3 is 11.9 Å². The molecule has 5 N–H and O–H groups in total. The highest BCUT2D eigenvalue weighted by Gasteiger charge is 2.29. The molecule has 2 unspecified atom stereocenters. The van der Waals surface area contributed by atoms with Gasteiger partial charge in [-0.1, -0.05) is 62.4 Å². The summed E-state index contributed by atoms with van der Waals surface area (Å²) < 4.78 is 5.67. The van der Waals surface area contributed by atoms with Crippen molar-refractivity contribution in [2.75, 3.05) is 13.2 Å². The molecule has 0 spiro atoms. The molecule has 2 aromatic carbocycles. The third-order valence-corrected chi connectivity index (χ3v) is 6.12. The maximum Gasteiger partial charge on any atom is 0.335 e. The Morgan fingerprint density at radius 1 is 0.902 bits per heavy atom. The fourth-order valence-corrected chi connectivity index (χ4v) is 4.13. The zero-order valence-corrected chi connectivity index (χ0v) is 23.1. The van der Waals surface area contributed by atoms with E-state index >= 15 is 0 Å². The number of nitrogens with zero attached hydrogens (tertiary/aromatic N) is 1. The Morgan fingerprint density at radius 3 is 2.20 bits per heavy atom. The van der Waals surface area contributed by atoms with E-state index in [1.54, 1.807) is 0 Å². The highest BCUT2D eigenvalue weighted by molar-refractivity contribution is 6.11. The first-order chi connectivity index (χ1) is 19.5. The molecule has 2 aliphatic rings. The predicted octanol–water partition coefficient (Wildman–Crippen LogP) is 3.59. The summed E-state index contributed by atoms with van der Waals surface area (Å²) in [5.41, 5.74) is 5.22. The Hall–Kier alpha value is -4.38. The van der Waals surface area contributed by atoms with E-state index in [4.69, 9.17) is 30.1 Å². The van der Waals surface area contributed by atoms with Crippen LogP contribution in [-0.4, -0.2) is 68.5 Å². The zero-order chi connectivity index (χ0) is 30.1. The van der Waals surface area contributed by atoms with Crippen molar-refractivity contribution in [3.05, 3.63) is 83.4 Å². The number of rotatable bonds is 11. The lowest BCUT2D eigenvalue weighted by atomic mass is 10.0. The molecule has 0 radical (unpaired) electrons. The summed E-state index contributed by atoms with van der Waals surface area (Å²) in [6.45, 7) is 8.57. The van der Waals surface area contributed by atoms with Crippen molar-refractivity contribution in [1.82, 2.24) is 10.3 Å². The molecule has 1 heterocycles. The van der Waals surface area contributed by atoms with Crippen LogP contribution in [0.5, 0.6) is 5.75 Å². The average Bonchev–Trinajstić information content (AvgIpc) is 3.15. The van der Waals surface area contributed by atoms with Gasteiger partial charge in [0, 0.05) is 23.1 Å². The minimum atomic E-state index is -2.27. The van der Waals surface area contributed by atoms with Crippen LogP contribution in [0.3, 0.4) is 0 Å². The fourth-order valence-electron chi connectivity index (χ4n) is 4.13. The molecule has 0 saturated carbocycles. The quantitative estimate of drug-likeness (QED) is 0.171. The summed E-state index contributed by atoms with van der Waals surface area (Å²) in [5, 5.41) is 37.1. The van der Waals surface area contributed by atoms with Gasteiger partial charge in [0.2, 0.25) is 0 Å². The summed E-state index contributed by atoms with van der Waals surface area (Å²) in [4.78, 5) is 37.8. The number of hydrogen-bond donors (Lipinski definition) is 5. The van der Waals surface area contributed by atoms with Crippen molar-refractivity contribution in [1.29, 1.82) is 0 Å². The van der Waals surface area contributed by atoms with Crippen LogP contribution in [0.2, 0.25) is 0 Å². The molecule has 0 amide bonds. The van der Waals surface area contributed by atoms with Gasteiger partial charge in [-0.05, 0) is 43.1 Å². The first kappa shape index (κ1) is 31.2. The SMILES string of the molecule is CCOc1ccccc1C(=O)c1cccc2c3cccc(CNCC(C)C)c3nc-2c1.O=C(O)C(O)C(O)C(=O)O. The number of carboxylic acids is 2. The van der Waals surface area contributed by atoms with E-state index in [9.17, 15) is 14.4 Å². The summed E-state index contributed by atoms with van der Waals surface area (Å²) in [6, 6.07) is 21.4. The molecule has 0 bridgehead atoms. The normalized spacial score (nSPS) is 12.4. The van der Waals surface area contributed by atoms with Gasteiger partial charge in [0.05, 0.1) is 23.4 Å². The van der Waals surface area contributed by atoms with Crippen LogP contribution in [0.25, 0.3) is 22.2 Å². The van der Waals surface area contributed by atoms with Crippen LogP contribution in [0.15, 0.2) is 66.7 Å². The molecule has 1 aliphatic heterocycles. The molecule has 2 atom stereocenters. The van der Waals surface area contributed by atoms with Crippen LogP contribution in [0.4, 0.5) is 0 Å². The Kier molecular flexibility index (Phi) is 10.9. The first-order valence-corrected chi connectivity index (χ1v) is 13.2. The van der Waals surface area contributed by atoms with Gasteiger partial charge in [-0.2, -0.15) is 0 Å². The van der Waals surface area contributed by atoms with Crippen molar-refractivity contribution < 1.29 is 39.5 Å². The average molecular weight is 563 g/mol. The maximum absolute atomic E-state index is 13.3. The molecular formula is C31H34N2O8. The zero-order valence-electron chi connectivity index (χ0n) is 23.1. The summed E-state index contributed by atoms with van der Waals surface area (Å²) in [5.74, 6) is -2.40. The van der Waals surface area contributed by atoms with Crippen molar-refractivity contribution >= 4 is 28.6 Å². The van der Waals surface area contributed by atoms with Gasteiger partial charge in [0.25, 0.3) is 0 Å². The molecule has 4 rings (SSSR count). The first-order valence-electron chi connectivity index (χ1n) is 13.2. The Morgan fingerprint density at radius 2 is 1.56 bits per heavy atom. The largest absolute Gasteiger partial charge is 0.493 e. The number of benzene rings is 2. The molecule has 0 aromatic heterocycles. The van der Waals surface area contributed by atoms with Gasteiger partial charge in [-0.3, -0.25) is 4.79 Å². The van der Waals surface area contributed by atoms with Gasteiger partial charge in [-0.25, -0.2) is 14.6 Å². The fraction of sp³-hybridized carbons (Fsp3) is 0.290. The molecule has 2 aromatic rings. The number of ketones is 1. The predicted molar refractivity (Wildman–Crippen MR) is 153 cm³/mol. The number of hydrogen-bond acceptors (Lipinski definition) is 8. The van der Waals surface area contributed by atoms with Crippen LogP contribution >= 0.6 is 0 Å². The third-order valence-electron chi connectivity index (χ3n) is 6.12. The number of nitrogens with one attached hydrogen (secondary N) is 1. The van der Waals surface area contributed by atoms with Crippen LogP contribution in [0, 0.1) is 5.92 Å². The second-order valence-corrected chi connectivity index (χ2v) is 9.70. The lowest BCUT2D eigenvalue weighted by molar-refractivity contribution is -0.165. The van der Waals surface area contributed by atoms with Crippen LogP contribution in [0.1, 0.15) is 42.3 Å². The molecule has 10 nitrogen and oxygen atoms in total. The number of para-hydroxylation sites is 2. The van der Waals surface area contributed by atoms with Crippen LogP contribution in [-0.2, 0) is 16.1 Å². The maximum atomic E-state index is 13.3. The number of aliphatic hydroxyl groups is 2. The number of fused-ring (bicyclic) bond motifs is 3. The van der Waals surface area contributed by atoms with Crippen molar-refractivity contribution in [2.24, 2.45) is 5.92 Å². The molecule has 0 saturated heterocycles. The minimum Gasteiger partial charge on any atom is -0.493 e. The van der Waals surface area contributed by atoms with Gasteiger partial charge < -0.3 is 30.5 Å². The van der Waals surface area contributed by atoms with Crippen molar-refractivity contribution in [2.45, 2.75) is 39.5 Å². The number of aromatic nitrogens is 1. The van der Waals surface area contributed by atoms with E-state index < -0.39 is 24.1 Å². The van der Waals surface area contributed by atoms with Gasteiger partial charge in [0.1, 0.15) is 5.75 Å². The van der Waals surface area contributed by atoms with E-state index in [2.05, 4.69) is 37.4 Å².